The van der Waals surface area contributed by atoms with E-state index in [1.165, 1.54) is 25.7 Å². The number of likely N-dealkylation sites (tertiary alicyclic amines) is 2. The van der Waals surface area contributed by atoms with Gasteiger partial charge in [0.2, 0.25) is 0 Å². The van der Waals surface area contributed by atoms with E-state index in [0.29, 0.717) is 22.2 Å². The van der Waals surface area contributed by atoms with Gasteiger partial charge in [0.25, 0.3) is 0 Å². The molecule has 0 aromatic carbocycles. The topological polar surface area (TPSA) is 6.48 Å². The summed E-state index contributed by atoms with van der Waals surface area (Å²) in [6.07, 6.45) is 5.26. The fraction of sp³-hybridized carbons (Fsp3) is 1.00. The lowest BCUT2D eigenvalue weighted by atomic mass is 10.0. The van der Waals surface area contributed by atoms with Crippen molar-refractivity contribution in [3.63, 3.8) is 0 Å². The molecule has 2 aliphatic rings. The summed E-state index contributed by atoms with van der Waals surface area (Å²) in [7, 11) is 0. The summed E-state index contributed by atoms with van der Waals surface area (Å²) >= 11 is 0. The second-order valence-electron chi connectivity index (χ2n) is 9.25. The van der Waals surface area contributed by atoms with Crippen LogP contribution < -0.4 is 0 Å². The van der Waals surface area contributed by atoms with Crippen LogP contribution in [0.2, 0.25) is 0 Å². The Bertz CT molecular complexity index is 286. The zero-order valence-electron chi connectivity index (χ0n) is 14.4. The Balaban J connectivity index is 2.24. The van der Waals surface area contributed by atoms with Crippen LogP contribution in [0.4, 0.5) is 0 Å². The number of hydrogen-bond donors (Lipinski definition) is 0. The summed E-state index contributed by atoms with van der Waals surface area (Å²) in [5.41, 5.74) is 1.33. The van der Waals surface area contributed by atoms with E-state index in [4.69, 9.17) is 0 Å². The molecular formula is C17H34N2. The normalized spacial score (nSPS) is 32.8. The number of nitrogens with zero attached hydrogens (tertiary/aromatic N) is 2. The van der Waals surface area contributed by atoms with Crippen molar-refractivity contribution in [3.05, 3.63) is 0 Å². The number of rotatable bonds is 2. The van der Waals surface area contributed by atoms with E-state index in [0.717, 1.165) is 6.67 Å². The van der Waals surface area contributed by atoms with Gasteiger partial charge in [0.1, 0.15) is 0 Å². The average Bonchev–Trinajstić information content (AvgIpc) is 2.55. The molecule has 2 saturated heterocycles. The molecule has 2 heteroatoms. The predicted octanol–water partition coefficient (Wildman–Crippen LogP) is 4.25. The van der Waals surface area contributed by atoms with E-state index in [2.05, 4.69) is 65.2 Å². The molecule has 0 radical (unpaired) electrons. The van der Waals surface area contributed by atoms with Gasteiger partial charge in [-0.3, -0.25) is 9.80 Å². The summed E-state index contributed by atoms with van der Waals surface area (Å²) in [5.74, 6) is 0. The smallest absolute Gasteiger partial charge is 0.0526 e. The highest BCUT2D eigenvalue weighted by Gasteiger charge is 2.50. The van der Waals surface area contributed by atoms with Gasteiger partial charge in [-0.25, -0.2) is 0 Å². The second kappa shape index (κ2) is 4.21. The van der Waals surface area contributed by atoms with E-state index in [9.17, 15) is 0 Å². The third kappa shape index (κ3) is 2.58. The largest absolute Gasteiger partial charge is 0.280 e. The van der Waals surface area contributed by atoms with Gasteiger partial charge in [-0.05, 0) is 81.1 Å². The fourth-order valence-corrected chi connectivity index (χ4v) is 4.31. The third-order valence-corrected chi connectivity index (χ3v) is 5.90. The van der Waals surface area contributed by atoms with Gasteiger partial charge in [0, 0.05) is 22.2 Å². The van der Waals surface area contributed by atoms with Gasteiger partial charge < -0.3 is 0 Å². The van der Waals surface area contributed by atoms with E-state index in [-0.39, 0.29) is 0 Å². The molecule has 2 nitrogen and oxygen atoms in total. The molecule has 19 heavy (non-hydrogen) atoms. The monoisotopic (exact) mass is 266 g/mol. The minimum atomic E-state index is 0.332. The minimum absolute atomic E-state index is 0.332. The molecule has 2 heterocycles. The maximum absolute atomic E-state index is 2.74. The molecule has 0 spiro atoms. The van der Waals surface area contributed by atoms with Gasteiger partial charge in [-0.2, -0.15) is 0 Å². The molecule has 112 valence electrons. The lowest BCUT2D eigenvalue weighted by molar-refractivity contribution is -0.0436. The zero-order valence-corrected chi connectivity index (χ0v) is 14.4. The van der Waals surface area contributed by atoms with E-state index in [1.54, 1.807) is 0 Å². The Labute approximate surface area is 120 Å². The molecular weight excluding hydrogens is 232 g/mol. The number of hydrogen-bond acceptors (Lipinski definition) is 2. The van der Waals surface area contributed by atoms with Crippen LogP contribution in [0.25, 0.3) is 0 Å². The molecule has 2 aliphatic heterocycles. The molecule has 0 aliphatic carbocycles. The van der Waals surface area contributed by atoms with Gasteiger partial charge in [0.05, 0.1) is 6.67 Å². The first-order valence-corrected chi connectivity index (χ1v) is 7.94. The summed E-state index contributed by atoms with van der Waals surface area (Å²) in [5, 5.41) is 0. The minimum Gasteiger partial charge on any atom is -0.280 e. The van der Waals surface area contributed by atoms with Crippen molar-refractivity contribution in [1.29, 1.82) is 0 Å². The van der Waals surface area contributed by atoms with Crippen molar-refractivity contribution in [1.82, 2.24) is 9.80 Å². The summed E-state index contributed by atoms with van der Waals surface area (Å²) < 4.78 is 0. The Kier molecular flexibility index (Phi) is 3.39. The first-order chi connectivity index (χ1) is 8.39. The fourth-order valence-electron chi connectivity index (χ4n) is 4.31. The molecule has 0 bridgehead atoms. The van der Waals surface area contributed by atoms with Gasteiger partial charge in [0.15, 0.2) is 0 Å². The SMILES string of the molecule is CC1(C)CCC(C)(C)N1CN1C(C)(C)CCC1(C)C. The molecule has 0 N–H and O–H groups in total. The molecule has 2 fully saturated rings. The predicted molar refractivity (Wildman–Crippen MR) is 83.3 cm³/mol. The Hall–Kier alpha value is -0.0800. The van der Waals surface area contributed by atoms with Crippen LogP contribution in [0.1, 0.15) is 81.1 Å². The van der Waals surface area contributed by atoms with Crippen molar-refractivity contribution in [3.8, 4) is 0 Å². The van der Waals surface area contributed by atoms with Gasteiger partial charge in [-0.15, -0.1) is 0 Å². The van der Waals surface area contributed by atoms with E-state index < -0.39 is 0 Å². The second-order valence-corrected chi connectivity index (χ2v) is 9.25. The zero-order chi connectivity index (χ0) is 14.7. The molecule has 0 aromatic heterocycles. The molecule has 0 amide bonds. The molecule has 0 aromatic rings. The average molecular weight is 266 g/mol. The van der Waals surface area contributed by atoms with Gasteiger partial charge >= 0.3 is 0 Å². The summed E-state index contributed by atoms with van der Waals surface area (Å²) in [6.45, 7) is 20.4. The van der Waals surface area contributed by atoms with Crippen LogP contribution in [0.15, 0.2) is 0 Å². The van der Waals surface area contributed by atoms with Crippen LogP contribution >= 0.6 is 0 Å². The molecule has 0 atom stereocenters. The lowest BCUT2D eigenvalue weighted by Crippen LogP contribution is -2.59. The van der Waals surface area contributed by atoms with Crippen LogP contribution in [0, 0.1) is 0 Å². The molecule has 0 saturated carbocycles. The Morgan fingerprint density at radius 1 is 0.526 bits per heavy atom. The standard InChI is InChI=1S/C17H34N2/c1-14(2)9-10-15(3,4)18(14)13-19-16(5,6)11-12-17(19,7)8/h9-13H2,1-8H3. The highest BCUT2D eigenvalue weighted by atomic mass is 15.4. The van der Waals surface area contributed by atoms with Crippen LogP contribution in [0.5, 0.6) is 0 Å². The first kappa shape index (κ1) is 15.3. The lowest BCUT2D eigenvalue weighted by Gasteiger charge is -2.49. The quantitative estimate of drug-likeness (QED) is 0.737. The van der Waals surface area contributed by atoms with Crippen LogP contribution in [-0.4, -0.2) is 38.6 Å². The van der Waals surface area contributed by atoms with Crippen molar-refractivity contribution in [2.45, 2.75) is 103 Å². The van der Waals surface area contributed by atoms with Crippen molar-refractivity contribution < 1.29 is 0 Å². The Morgan fingerprint density at radius 2 is 0.737 bits per heavy atom. The van der Waals surface area contributed by atoms with Crippen LogP contribution in [0.3, 0.4) is 0 Å². The van der Waals surface area contributed by atoms with Crippen LogP contribution in [-0.2, 0) is 0 Å². The Morgan fingerprint density at radius 3 is 0.947 bits per heavy atom. The van der Waals surface area contributed by atoms with Crippen molar-refractivity contribution >= 4 is 0 Å². The maximum Gasteiger partial charge on any atom is 0.0526 e. The van der Waals surface area contributed by atoms with E-state index >= 15 is 0 Å². The highest BCUT2D eigenvalue weighted by molar-refractivity contribution is 5.05. The third-order valence-electron chi connectivity index (χ3n) is 5.90. The molecule has 0 unspecified atom stereocenters. The van der Waals surface area contributed by atoms with Gasteiger partial charge in [-0.1, -0.05) is 0 Å². The molecule has 2 rings (SSSR count). The van der Waals surface area contributed by atoms with Crippen molar-refractivity contribution in [2.75, 3.05) is 6.67 Å². The summed E-state index contributed by atoms with van der Waals surface area (Å²) in [6, 6.07) is 0. The highest BCUT2D eigenvalue weighted by Crippen LogP contribution is 2.45. The summed E-state index contributed by atoms with van der Waals surface area (Å²) in [4.78, 5) is 5.49. The first-order valence-electron chi connectivity index (χ1n) is 7.94. The maximum atomic E-state index is 2.74. The van der Waals surface area contributed by atoms with Crippen molar-refractivity contribution in [2.24, 2.45) is 0 Å². The van der Waals surface area contributed by atoms with E-state index in [1.807, 2.05) is 0 Å².